The van der Waals surface area contributed by atoms with Crippen molar-refractivity contribution in [3.8, 4) is 0 Å². The van der Waals surface area contributed by atoms with Crippen LogP contribution >= 0.6 is 11.3 Å². The summed E-state index contributed by atoms with van der Waals surface area (Å²) < 4.78 is 13.9. The number of hydrogen-bond donors (Lipinski definition) is 1. The molecule has 3 nitrogen and oxygen atoms in total. The van der Waals surface area contributed by atoms with Crippen molar-refractivity contribution in [2.24, 2.45) is 0 Å². The van der Waals surface area contributed by atoms with Crippen molar-refractivity contribution in [3.05, 3.63) is 59.4 Å². The van der Waals surface area contributed by atoms with Crippen LogP contribution in [0.25, 0.3) is 10.2 Å². The van der Waals surface area contributed by atoms with Gasteiger partial charge in [-0.15, -0.1) is 0 Å². The van der Waals surface area contributed by atoms with Gasteiger partial charge in [0.1, 0.15) is 5.82 Å². The first-order valence-corrected chi connectivity index (χ1v) is 7.83. The summed E-state index contributed by atoms with van der Waals surface area (Å²) in [6.07, 6.45) is 0.927. The zero-order valence-electron chi connectivity index (χ0n) is 12.1. The summed E-state index contributed by atoms with van der Waals surface area (Å²) in [5, 5.41) is 3.44. The van der Waals surface area contributed by atoms with E-state index in [1.54, 1.807) is 12.1 Å². The number of anilines is 1. The summed E-state index contributed by atoms with van der Waals surface area (Å²) in [5.41, 5.74) is 3.01. The number of halogens is 1. The van der Waals surface area contributed by atoms with Crippen LogP contribution in [0.1, 0.15) is 17.5 Å². The van der Waals surface area contributed by atoms with E-state index in [0.717, 1.165) is 15.8 Å². The molecule has 0 saturated heterocycles. The van der Waals surface area contributed by atoms with Crippen LogP contribution in [0.2, 0.25) is 0 Å². The van der Waals surface area contributed by atoms with Crippen LogP contribution in [0.5, 0.6) is 0 Å². The van der Waals surface area contributed by atoms with Crippen LogP contribution in [-0.4, -0.2) is 10.9 Å². The molecule has 0 unspecified atom stereocenters. The largest absolute Gasteiger partial charge is 0.302 e. The molecule has 112 valence electrons. The van der Waals surface area contributed by atoms with Gasteiger partial charge in [0.05, 0.1) is 10.2 Å². The van der Waals surface area contributed by atoms with E-state index in [4.69, 9.17) is 0 Å². The Kier molecular flexibility index (Phi) is 4.15. The van der Waals surface area contributed by atoms with Crippen molar-refractivity contribution in [1.29, 1.82) is 0 Å². The number of aryl methyl sites for hydroxylation is 2. The Bertz CT molecular complexity index is 811. The normalized spacial score (nSPS) is 10.8. The highest BCUT2D eigenvalue weighted by atomic mass is 32.1. The molecule has 1 aromatic heterocycles. The van der Waals surface area contributed by atoms with Crippen LogP contribution in [0.15, 0.2) is 42.5 Å². The maximum Gasteiger partial charge on any atom is 0.226 e. The molecule has 3 aromatic rings. The molecule has 5 heteroatoms. The molecule has 0 bridgehead atoms. The fourth-order valence-corrected chi connectivity index (χ4v) is 3.16. The standard InChI is InChI=1S/C17H15FN2OS/c1-11-2-8-14-15(10-11)22-17(19-14)20-16(21)9-5-12-3-6-13(18)7-4-12/h2-4,6-8,10H,5,9H2,1H3,(H,19,20,21). The van der Waals surface area contributed by atoms with Gasteiger partial charge in [-0.05, 0) is 48.7 Å². The molecule has 2 aromatic carbocycles. The Morgan fingerprint density at radius 1 is 1.23 bits per heavy atom. The minimum atomic E-state index is -0.266. The monoisotopic (exact) mass is 314 g/mol. The molecule has 3 rings (SSSR count). The third kappa shape index (κ3) is 3.49. The number of aromatic nitrogens is 1. The first-order chi connectivity index (χ1) is 10.6. The van der Waals surface area contributed by atoms with E-state index in [0.29, 0.717) is 18.0 Å². The molecule has 0 aliphatic heterocycles. The van der Waals surface area contributed by atoms with Gasteiger partial charge in [0, 0.05) is 6.42 Å². The topological polar surface area (TPSA) is 42.0 Å². The average molecular weight is 314 g/mol. The van der Waals surface area contributed by atoms with Crippen LogP contribution in [-0.2, 0) is 11.2 Å². The number of amides is 1. The third-order valence-corrected chi connectivity index (χ3v) is 4.28. The third-order valence-electron chi connectivity index (χ3n) is 3.34. The van der Waals surface area contributed by atoms with E-state index in [1.165, 1.54) is 29.0 Å². The minimum absolute atomic E-state index is 0.0832. The van der Waals surface area contributed by atoms with E-state index < -0.39 is 0 Å². The van der Waals surface area contributed by atoms with Crippen molar-refractivity contribution in [3.63, 3.8) is 0 Å². The number of rotatable bonds is 4. The predicted octanol–water partition coefficient (Wildman–Crippen LogP) is 4.32. The molecule has 0 radical (unpaired) electrons. The number of benzene rings is 2. The van der Waals surface area contributed by atoms with Gasteiger partial charge >= 0.3 is 0 Å². The molecule has 1 N–H and O–H groups in total. The molecule has 0 aliphatic rings. The molecular weight excluding hydrogens is 299 g/mol. The number of nitrogens with one attached hydrogen (secondary N) is 1. The predicted molar refractivity (Wildman–Crippen MR) is 87.7 cm³/mol. The van der Waals surface area contributed by atoms with Crippen molar-refractivity contribution < 1.29 is 9.18 Å². The lowest BCUT2D eigenvalue weighted by Crippen LogP contribution is -2.12. The second-order valence-corrected chi connectivity index (χ2v) is 6.20. The molecule has 0 saturated carbocycles. The van der Waals surface area contributed by atoms with E-state index in [1.807, 2.05) is 19.1 Å². The second-order valence-electron chi connectivity index (χ2n) is 5.16. The van der Waals surface area contributed by atoms with E-state index in [-0.39, 0.29) is 11.7 Å². The molecule has 1 heterocycles. The summed E-state index contributed by atoms with van der Waals surface area (Å²) >= 11 is 1.47. The van der Waals surface area contributed by atoms with Crippen molar-refractivity contribution in [2.75, 3.05) is 5.32 Å². The second kappa shape index (κ2) is 6.23. The summed E-state index contributed by atoms with van der Waals surface area (Å²) in [6.45, 7) is 2.03. The lowest BCUT2D eigenvalue weighted by atomic mass is 10.1. The number of hydrogen-bond acceptors (Lipinski definition) is 3. The van der Waals surface area contributed by atoms with Gasteiger partial charge in [-0.2, -0.15) is 0 Å². The molecule has 1 amide bonds. The van der Waals surface area contributed by atoms with E-state index >= 15 is 0 Å². The lowest BCUT2D eigenvalue weighted by Gasteiger charge is -2.02. The Hall–Kier alpha value is -2.27. The smallest absolute Gasteiger partial charge is 0.226 e. The molecule has 0 spiro atoms. The molecule has 0 atom stereocenters. The van der Waals surface area contributed by atoms with E-state index in [9.17, 15) is 9.18 Å². The first kappa shape index (κ1) is 14.7. The lowest BCUT2D eigenvalue weighted by molar-refractivity contribution is -0.116. The van der Waals surface area contributed by atoms with Crippen LogP contribution in [0, 0.1) is 12.7 Å². The van der Waals surface area contributed by atoms with Gasteiger partial charge < -0.3 is 5.32 Å². The summed E-state index contributed by atoms with van der Waals surface area (Å²) in [4.78, 5) is 16.4. The SMILES string of the molecule is Cc1ccc2nc(NC(=O)CCc3ccc(F)cc3)sc2c1. The average Bonchev–Trinajstić information content (AvgIpc) is 2.88. The van der Waals surface area contributed by atoms with Crippen molar-refractivity contribution >= 4 is 32.6 Å². The molecular formula is C17H15FN2OS. The highest BCUT2D eigenvalue weighted by molar-refractivity contribution is 7.22. The number of carbonyl (C=O) groups excluding carboxylic acids is 1. The number of nitrogens with zero attached hydrogens (tertiary/aromatic N) is 1. The maximum absolute atomic E-state index is 12.8. The Morgan fingerprint density at radius 2 is 2.00 bits per heavy atom. The van der Waals surface area contributed by atoms with Gasteiger partial charge in [-0.3, -0.25) is 4.79 Å². The molecule has 0 fully saturated rings. The highest BCUT2D eigenvalue weighted by Gasteiger charge is 2.08. The Morgan fingerprint density at radius 3 is 2.77 bits per heavy atom. The zero-order valence-corrected chi connectivity index (χ0v) is 12.9. The van der Waals surface area contributed by atoms with Gasteiger partial charge in [-0.1, -0.05) is 29.5 Å². The van der Waals surface area contributed by atoms with Gasteiger partial charge in [0.25, 0.3) is 0 Å². The zero-order chi connectivity index (χ0) is 15.5. The molecule has 22 heavy (non-hydrogen) atoms. The van der Waals surface area contributed by atoms with Crippen molar-refractivity contribution in [1.82, 2.24) is 4.98 Å². The Labute approximate surface area is 131 Å². The van der Waals surface area contributed by atoms with Gasteiger partial charge in [0.15, 0.2) is 5.13 Å². The van der Waals surface area contributed by atoms with Gasteiger partial charge in [0.2, 0.25) is 5.91 Å². The maximum atomic E-state index is 12.8. The number of fused-ring (bicyclic) bond motifs is 1. The van der Waals surface area contributed by atoms with Crippen LogP contribution in [0.3, 0.4) is 0 Å². The number of carbonyl (C=O) groups is 1. The van der Waals surface area contributed by atoms with Gasteiger partial charge in [-0.25, -0.2) is 9.37 Å². The fraction of sp³-hybridized carbons (Fsp3) is 0.176. The quantitative estimate of drug-likeness (QED) is 0.779. The highest BCUT2D eigenvalue weighted by Crippen LogP contribution is 2.26. The fourth-order valence-electron chi connectivity index (χ4n) is 2.18. The molecule has 0 aliphatic carbocycles. The first-order valence-electron chi connectivity index (χ1n) is 7.02. The summed E-state index contributed by atoms with van der Waals surface area (Å²) in [7, 11) is 0. The van der Waals surface area contributed by atoms with Crippen LogP contribution in [0.4, 0.5) is 9.52 Å². The summed E-state index contributed by atoms with van der Waals surface area (Å²) in [6, 6.07) is 12.2. The summed E-state index contributed by atoms with van der Waals surface area (Å²) in [5.74, 6) is -0.349. The van der Waals surface area contributed by atoms with Crippen molar-refractivity contribution in [2.45, 2.75) is 19.8 Å². The minimum Gasteiger partial charge on any atom is -0.302 e. The Balaban J connectivity index is 1.61. The van der Waals surface area contributed by atoms with E-state index in [2.05, 4.69) is 16.4 Å². The van der Waals surface area contributed by atoms with Crippen LogP contribution < -0.4 is 5.32 Å². The number of thiazole rings is 1.